The highest BCUT2D eigenvalue weighted by Crippen LogP contribution is 2.36. The topological polar surface area (TPSA) is 101 Å². The van der Waals surface area contributed by atoms with Gasteiger partial charge in [0.05, 0.1) is 10.6 Å². The van der Waals surface area contributed by atoms with E-state index in [2.05, 4.69) is 5.32 Å². The Balaban J connectivity index is 2.04. The van der Waals surface area contributed by atoms with E-state index in [1.54, 1.807) is 36.4 Å². The Kier molecular flexibility index (Phi) is 5.35. The molecule has 8 heteroatoms. The number of nitrogens with one attached hydrogen (secondary N) is 1. The molecule has 28 heavy (non-hydrogen) atoms. The zero-order valence-electron chi connectivity index (χ0n) is 15.1. The van der Waals surface area contributed by atoms with E-state index in [0.717, 1.165) is 11.1 Å². The highest BCUT2D eigenvalue weighted by molar-refractivity contribution is 7.93. The molecule has 0 aliphatic rings. The number of hydrogen-bond donors (Lipinski definition) is 2. The number of carbonyl (C=O) groups excluding carboxylic acids is 1. The summed E-state index contributed by atoms with van der Waals surface area (Å²) in [7, 11) is -3.99. The van der Waals surface area contributed by atoms with E-state index in [9.17, 15) is 23.1 Å². The van der Waals surface area contributed by atoms with Crippen molar-refractivity contribution in [3.05, 3.63) is 76.2 Å². The predicted octanol–water partition coefficient (Wildman–Crippen LogP) is 4.15. The van der Waals surface area contributed by atoms with Gasteiger partial charge in [0.25, 0.3) is 5.91 Å². The maximum atomic E-state index is 13.0. The first-order chi connectivity index (χ1) is 13.2. The van der Waals surface area contributed by atoms with Crippen molar-refractivity contribution in [1.82, 2.24) is 0 Å². The van der Waals surface area contributed by atoms with Crippen molar-refractivity contribution in [1.29, 1.82) is 0 Å². The van der Waals surface area contributed by atoms with Crippen LogP contribution in [-0.4, -0.2) is 25.4 Å². The summed E-state index contributed by atoms with van der Waals surface area (Å²) >= 11 is 0.611. The first-order valence-corrected chi connectivity index (χ1v) is 10.6. The second-order valence-electron chi connectivity index (χ2n) is 6.25. The van der Waals surface area contributed by atoms with Gasteiger partial charge in [0.15, 0.2) is 0 Å². The third-order valence-electron chi connectivity index (χ3n) is 4.05. The van der Waals surface area contributed by atoms with E-state index in [4.69, 9.17) is 0 Å². The fraction of sp³-hybridized carbons (Fsp3) is 0.100. The van der Waals surface area contributed by atoms with E-state index in [1.807, 2.05) is 13.8 Å². The number of rotatable bonds is 5. The van der Waals surface area contributed by atoms with E-state index < -0.39 is 21.7 Å². The zero-order valence-corrected chi connectivity index (χ0v) is 16.7. The lowest BCUT2D eigenvalue weighted by molar-refractivity contribution is 0.0702. The number of carboxylic acids is 1. The van der Waals surface area contributed by atoms with Crippen LogP contribution < -0.4 is 5.32 Å². The molecule has 0 bridgehead atoms. The van der Waals surface area contributed by atoms with Gasteiger partial charge < -0.3 is 10.4 Å². The minimum Gasteiger partial charge on any atom is -0.477 e. The average Bonchev–Trinajstić information content (AvgIpc) is 3.07. The molecular weight excluding hydrogens is 398 g/mol. The predicted molar refractivity (Wildman–Crippen MR) is 107 cm³/mol. The van der Waals surface area contributed by atoms with Crippen molar-refractivity contribution >= 4 is 38.7 Å². The minimum absolute atomic E-state index is 0.0303. The van der Waals surface area contributed by atoms with E-state index in [1.165, 1.54) is 18.2 Å². The molecule has 0 fully saturated rings. The summed E-state index contributed by atoms with van der Waals surface area (Å²) in [6.45, 7) is 3.71. The Bertz CT molecular complexity index is 1140. The van der Waals surface area contributed by atoms with Crippen LogP contribution in [0.3, 0.4) is 0 Å². The molecule has 0 saturated heterocycles. The Morgan fingerprint density at radius 2 is 1.46 bits per heavy atom. The molecule has 2 aromatic carbocycles. The van der Waals surface area contributed by atoms with Crippen molar-refractivity contribution in [2.75, 3.05) is 5.32 Å². The molecule has 1 heterocycles. The number of hydrogen-bond acceptors (Lipinski definition) is 5. The Morgan fingerprint density at radius 3 is 2.00 bits per heavy atom. The molecule has 144 valence electrons. The van der Waals surface area contributed by atoms with Crippen LogP contribution in [0.15, 0.2) is 63.7 Å². The van der Waals surface area contributed by atoms with Crippen LogP contribution in [-0.2, 0) is 9.84 Å². The fourth-order valence-electron chi connectivity index (χ4n) is 2.49. The summed E-state index contributed by atoms with van der Waals surface area (Å²) in [6, 6.07) is 14.1. The monoisotopic (exact) mass is 415 g/mol. The lowest BCUT2D eigenvalue weighted by atomic mass is 10.1. The average molecular weight is 415 g/mol. The van der Waals surface area contributed by atoms with Gasteiger partial charge in [-0.05, 0) is 44.2 Å². The van der Waals surface area contributed by atoms with Crippen LogP contribution in [0, 0.1) is 13.8 Å². The molecule has 0 radical (unpaired) electrons. The largest absolute Gasteiger partial charge is 0.477 e. The van der Waals surface area contributed by atoms with Gasteiger partial charge in [-0.3, -0.25) is 4.79 Å². The molecule has 0 saturated carbocycles. The van der Waals surface area contributed by atoms with Crippen molar-refractivity contribution in [3.63, 3.8) is 0 Å². The number of aromatic carboxylic acids is 1. The van der Waals surface area contributed by atoms with Crippen LogP contribution in [0.4, 0.5) is 5.69 Å². The highest BCUT2D eigenvalue weighted by Gasteiger charge is 2.27. The van der Waals surface area contributed by atoms with Crippen LogP contribution in [0.2, 0.25) is 0 Å². The lowest BCUT2D eigenvalue weighted by Gasteiger charge is -2.08. The zero-order chi connectivity index (χ0) is 20.5. The molecule has 1 amide bonds. The summed E-state index contributed by atoms with van der Waals surface area (Å²) in [5, 5.41) is 11.8. The smallest absolute Gasteiger partial charge is 0.345 e. The molecule has 1 aromatic heterocycles. The summed E-state index contributed by atoms with van der Waals surface area (Å²) in [5.41, 5.74) is 2.16. The van der Waals surface area contributed by atoms with Gasteiger partial charge in [-0.15, -0.1) is 11.3 Å². The SMILES string of the molecule is Cc1ccc(C(=O)Nc2cc(C(=O)O)sc2S(=O)(=O)c2ccc(C)cc2)cc1. The first kappa shape index (κ1) is 19.8. The summed E-state index contributed by atoms with van der Waals surface area (Å²) in [6.07, 6.45) is 0. The molecule has 0 atom stereocenters. The van der Waals surface area contributed by atoms with Crippen LogP contribution in [0.1, 0.15) is 31.2 Å². The minimum atomic E-state index is -3.99. The maximum absolute atomic E-state index is 13.0. The van der Waals surface area contributed by atoms with E-state index >= 15 is 0 Å². The standard InChI is InChI=1S/C20H17NO5S2/c1-12-3-7-14(8-4-12)18(22)21-16-11-17(19(23)24)27-20(16)28(25,26)15-9-5-13(2)6-10-15/h3-11H,1-2H3,(H,21,22)(H,23,24). The van der Waals surface area contributed by atoms with Crippen molar-refractivity contribution in [2.24, 2.45) is 0 Å². The van der Waals surface area contributed by atoms with E-state index in [-0.39, 0.29) is 19.7 Å². The van der Waals surface area contributed by atoms with Gasteiger partial charge in [0.2, 0.25) is 9.84 Å². The third-order valence-corrected chi connectivity index (χ3v) is 7.47. The number of benzene rings is 2. The number of carbonyl (C=O) groups is 2. The Hall–Kier alpha value is -2.97. The van der Waals surface area contributed by atoms with Gasteiger partial charge in [-0.1, -0.05) is 35.4 Å². The van der Waals surface area contributed by atoms with Crippen LogP contribution >= 0.6 is 11.3 Å². The Labute approximate surface area is 166 Å². The number of aryl methyl sites for hydroxylation is 2. The third kappa shape index (κ3) is 3.97. The second-order valence-corrected chi connectivity index (χ2v) is 9.45. The number of sulfone groups is 1. The molecular formula is C20H17NO5S2. The molecule has 0 unspecified atom stereocenters. The number of amides is 1. The fourth-order valence-corrected chi connectivity index (χ4v) is 5.28. The van der Waals surface area contributed by atoms with Gasteiger partial charge in [0, 0.05) is 5.56 Å². The van der Waals surface area contributed by atoms with Crippen LogP contribution in [0.5, 0.6) is 0 Å². The number of thiophene rings is 1. The van der Waals surface area contributed by atoms with Gasteiger partial charge in [0.1, 0.15) is 9.09 Å². The molecule has 0 aliphatic heterocycles. The second kappa shape index (κ2) is 7.57. The first-order valence-electron chi connectivity index (χ1n) is 8.25. The van der Waals surface area contributed by atoms with Gasteiger partial charge in [-0.25, -0.2) is 13.2 Å². The summed E-state index contributed by atoms with van der Waals surface area (Å²) in [5.74, 6) is -1.78. The Morgan fingerprint density at radius 1 is 0.929 bits per heavy atom. The molecule has 3 aromatic rings. The number of anilines is 1. The summed E-state index contributed by atoms with van der Waals surface area (Å²) < 4.78 is 25.8. The quantitative estimate of drug-likeness (QED) is 0.652. The van der Waals surface area contributed by atoms with Crippen molar-refractivity contribution < 1.29 is 23.1 Å². The lowest BCUT2D eigenvalue weighted by Crippen LogP contribution is -2.13. The van der Waals surface area contributed by atoms with Gasteiger partial charge in [-0.2, -0.15) is 0 Å². The van der Waals surface area contributed by atoms with Crippen molar-refractivity contribution in [3.8, 4) is 0 Å². The number of carboxylic acid groups (broad SMARTS) is 1. The van der Waals surface area contributed by atoms with Crippen LogP contribution in [0.25, 0.3) is 0 Å². The normalized spacial score (nSPS) is 11.2. The van der Waals surface area contributed by atoms with E-state index in [0.29, 0.717) is 16.9 Å². The maximum Gasteiger partial charge on any atom is 0.345 e. The molecule has 0 aliphatic carbocycles. The molecule has 6 nitrogen and oxygen atoms in total. The van der Waals surface area contributed by atoms with Crippen molar-refractivity contribution in [2.45, 2.75) is 23.0 Å². The summed E-state index contributed by atoms with van der Waals surface area (Å²) in [4.78, 5) is 23.7. The van der Waals surface area contributed by atoms with Gasteiger partial charge >= 0.3 is 5.97 Å². The molecule has 2 N–H and O–H groups in total. The molecule has 0 spiro atoms. The highest BCUT2D eigenvalue weighted by atomic mass is 32.2. The molecule has 3 rings (SSSR count).